The van der Waals surface area contributed by atoms with E-state index in [9.17, 15) is 26.4 Å². The molecule has 6 rings (SSSR count). The number of nitrogens with zero attached hydrogens (tertiary/aromatic N) is 6. The highest BCUT2D eigenvalue weighted by atomic mass is 32.2. The fourth-order valence-electron chi connectivity index (χ4n) is 6.33. The molecule has 0 radical (unpaired) electrons. The summed E-state index contributed by atoms with van der Waals surface area (Å²) in [5, 5.41) is -2.70. The first-order valence-corrected chi connectivity index (χ1v) is 23.6. The molecule has 18 heteroatoms. The lowest BCUT2D eigenvalue weighted by atomic mass is 10.2. The van der Waals surface area contributed by atoms with Crippen molar-refractivity contribution in [3.63, 3.8) is 0 Å². The molecule has 0 aliphatic rings. The van der Waals surface area contributed by atoms with Crippen LogP contribution in [-0.2, 0) is 46.2 Å². The molecule has 0 saturated carbocycles. The monoisotopic (exact) mass is 938 g/mol. The number of aryl methyl sites for hydroxylation is 2. The van der Waals surface area contributed by atoms with Crippen molar-refractivity contribution in [1.82, 2.24) is 28.5 Å². The van der Waals surface area contributed by atoms with Crippen LogP contribution in [0.15, 0.2) is 122 Å². The van der Waals surface area contributed by atoms with Crippen LogP contribution < -0.4 is 18.9 Å². The first kappa shape index (κ1) is 50.4. The van der Waals surface area contributed by atoms with E-state index in [1.54, 1.807) is 139 Å². The normalized spacial score (nSPS) is 12.4. The maximum absolute atomic E-state index is 13.6. The molecule has 0 N–H and O–H groups in total. The van der Waals surface area contributed by atoms with Crippen molar-refractivity contribution in [2.24, 2.45) is 0 Å². The van der Waals surface area contributed by atoms with Crippen LogP contribution in [0.2, 0.25) is 0 Å². The maximum atomic E-state index is 13.6. The van der Waals surface area contributed by atoms with E-state index in [1.807, 2.05) is 0 Å². The molecule has 0 bridgehead atoms. The first-order valence-electron chi connectivity index (χ1n) is 20.6. The summed E-state index contributed by atoms with van der Waals surface area (Å²) < 4.78 is 77.6. The molecule has 0 fully saturated rings. The standard InChI is InChI=1S/2C24H27N3O5S/c2*1-17-13-25-24(26-14-17)23(28)18(2)33(29,30)27(15-19-5-9-21(31-3)10-6-19)16-20-7-11-22(32-4)12-8-20/h2*5-14,18H,15-16H2,1-4H3/t2*18-/m10/s1. The zero-order valence-electron chi connectivity index (χ0n) is 38.1. The lowest BCUT2D eigenvalue weighted by molar-refractivity contribution is 0.0971. The highest BCUT2D eigenvalue weighted by Gasteiger charge is 2.37. The van der Waals surface area contributed by atoms with Gasteiger partial charge in [0.1, 0.15) is 33.5 Å². The van der Waals surface area contributed by atoms with Gasteiger partial charge < -0.3 is 18.9 Å². The van der Waals surface area contributed by atoms with Crippen molar-refractivity contribution in [3.8, 4) is 23.0 Å². The Bertz CT molecular complexity index is 2450. The number of sulfonamides is 2. The Labute approximate surface area is 386 Å². The lowest BCUT2D eigenvalue weighted by Gasteiger charge is -2.25. The van der Waals surface area contributed by atoms with Crippen molar-refractivity contribution < 1.29 is 45.4 Å². The van der Waals surface area contributed by atoms with Gasteiger partial charge >= 0.3 is 0 Å². The van der Waals surface area contributed by atoms with E-state index in [1.165, 1.54) is 47.2 Å². The lowest BCUT2D eigenvalue weighted by Crippen LogP contribution is -2.41. The number of rotatable bonds is 20. The van der Waals surface area contributed by atoms with Crippen LogP contribution >= 0.6 is 0 Å². The fourth-order valence-corrected chi connectivity index (χ4v) is 9.29. The summed E-state index contributed by atoms with van der Waals surface area (Å²) in [6, 6.07) is 28.5. The zero-order chi connectivity index (χ0) is 48.0. The van der Waals surface area contributed by atoms with E-state index < -0.39 is 42.1 Å². The number of carbonyl (C=O) groups is 2. The summed E-state index contributed by atoms with van der Waals surface area (Å²) in [5.41, 5.74) is 4.61. The average molecular weight is 939 g/mol. The van der Waals surface area contributed by atoms with Crippen molar-refractivity contribution in [2.45, 2.75) is 64.4 Å². The number of benzene rings is 4. The van der Waals surface area contributed by atoms with Crippen LogP contribution in [0, 0.1) is 13.8 Å². The van der Waals surface area contributed by atoms with Crippen molar-refractivity contribution in [2.75, 3.05) is 28.4 Å². The van der Waals surface area contributed by atoms with Gasteiger partial charge in [-0.1, -0.05) is 48.5 Å². The number of methoxy groups -OCH3 is 4. The minimum atomic E-state index is -4.05. The molecule has 0 saturated heterocycles. The van der Waals surface area contributed by atoms with Gasteiger partial charge in [-0.3, -0.25) is 9.59 Å². The summed E-state index contributed by atoms with van der Waals surface area (Å²) in [6.45, 7) is 6.68. The topological polar surface area (TPSA) is 197 Å². The fraction of sp³-hybridized carbons (Fsp3) is 0.292. The second kappa shape index (κ2) is 23.0. The smallest absolute Gasteiger partial charge is 0.224 e. The Kier molecular flexibility index (Phi) is 17.6. The number of hydrogen-bond donors (Lipinski definition) is 0. The van der Waals surface area contributed by atoms with Gasteiger partial charge in [-0.2, -0.15) is 8.61 Å². The molecule has 2 atom stereocenters. The van der Waals surface area contributed by atoms with E-state index in [4.69, 9.17) is 18.9 Å². The second-order valence-corrected chi connectivity index (χ2v) is 19.7. The Hall–Kier alpha value is -6.60. The quantitative estimate of drug-likeness (QED) is 0.0724. The van der Waals surface area contributed by atoms with Gasteiger partial charge in [-0.15, -0.1) is 0 Å². The highest BCUT2D eigenvalue weighted by molar-refractivity contribution is 7.90. The summed E-state index contributed by atoms with van der Waals surface area (Å²) in [6.07, 6.45) is 5.97. The molecule has 348 valence electrons. The molecule has 2 aromatic heterocycles. The molecule has 16 nitrogen and oxygen atoms in total. The van der Waals surface area contributed by atoms with Crippen LogP contribution in [0.5, 0.6) is 23.0 Å². The van der Waals surface area contributed by atoms with E-state index in [2.05, 4.69) is 19.9 Å². The van der Waals surface area contributed by atoms with E-state index in [0.717, 1.165) is 33.4 Å². The van der Waals surface area contributed by atoms with Gasteiger partial charge in [0.05, 0.1) is 28.4 Å². The molecule has 0 amide bonds. The second-order valence-electron chi connectivity index (χ2n) is 15.2. The SMILES string of the molecule is COc1ccc(CN(Cc2ccc(OC)cc2)S(=O)(=O)[C@@H](C)C(=O)c2ncc(C)cn2)cc1.COc1ccc(CN(Cc2ccc(OC)cc2)S(=O)(=O)[C@H](C)C(=O)c2ncc(C)cn2)cc1. The number of hydrogen-bond acceptors (Lipinski definition) is 14. The predicted molar refractivity (Wildman–Crippen MR) is 249 cm³/mol. The van der Waals surface area contributed by atoms with E-state index >= 15 is 0 Å². The number of aromatic nitrogens is 4. The molecule has 2 heterocycles. The number of ether oxygens (including phenoxy) is 4. The molecule has 0 spiro atoms. The largest absolute Gasteiger partial charge is 0.497 e. The van der Waals surface area contributed by atoms with Gasteiger partial charge in [0.2, 0.25) is 31.6 Å². The molecule has 4 aromatic carbocycles. The molecular formula is C48H54N6O10S2. The Morgan fingerprint density at radius 3 is 0.848 bits per heavy atom. The highest BCUT2D eigenvalue weighted by Crippen LogP contribution is 2.25. The third-order valence-electron chi connectivity index (χ3n) is 10.4. The van der Waals surface area contributed by atoms with Gasteiger partial charge in [0, 0.05) is 51.0 Å². The molecule has 66 heavy (non-hydrogen) atoms. The maximum Gasteiger partial charge on any atom is 0.224 e. The van der Waals surface area contributed by atoms with Gasteiger partial charge in [-0.05, 0) is 110 Å². The van der Waals surface area contributed by atoms with Crippen LogP contribution in [-0.4, -0.2) is 95.9 Å². The summed E-state index contributed by atoms with van der Waals surface area (Å²) in [5.74, 6) is 1.14. The van der Waals surface area contributed by atoms with Crippen LogP contribution in [0.1, 0.15) is 68.5 Å². The average Bonchev–Trinajstić information content (AvgIpc) is 3.34. The van der Waals surface area contributed by atoms with Crippen molar-refractivity contribution in [1.29, 1.82) is 0 Å². The van der Waals surface area contributed by atoms with Crippen LogP contribution in [0.25, 0.3) is 0 Å². The van der Waals surface area contributed by atoms with E-state index in [0.29, 0.717) is 23.0 Å². The number of Topliss-reactive ketones (excluding diaryl/α,β-unsaturated/α-hetero) is 2. The third-order valence-corrected chi connectivity index (χ3v) is 14.6. The molecule has 0 unspecified atom stereocenters. The van der Waals surface area contributed by atoms with Crippen LogP contribution in [0.3, 0.4) is 0 Å². The molecule has 0 aliphatic heterocycles. The van der Waals surface area contributed by atoms with Gasteiger partial charge in [0.15, 0.2) is 11.6 Å². The third kappa shape index (κ3) is 13.2. The molecule has 0 aliphatic carbocycles. The number of ketones is 2. The van der Waals surface area contributed by atoms with Gasteiger partial charge in [0.25, 0.3) is 0 Å². The number of carbonyl (C=O) groups excluding carboxylic acids is 2. The first-order chi connectivity index (χ1) is 31.5. The Morgan fingerprint density at radius 1 is 0.439 bits per heavy atom. The molecule has 6 aromatic rings. The van der Waals surface area contributed by atoms with Crippen molar-refractivity contribution >= 4 is 31.6 Å². The summed E-state index contributed by atoms with van der Waals surface area (Å²) >= 11 is 0. The predicted octanol–water partition coefficient (Wildman–Crippen LogP) is 6.81. The van der Waals surface area contributed by atoms with Crippen molar-refractivity contribution in [3.05, 3.63) is 167 Å². The minimum Gasteiger partial charge on any atom is -0.497 e. The van der Waals surface area contributed by atoms with Crippen LogP contribution in [0.4, 0.5) is 0 Å². The summed E-state index contributed by atoms with van der Waals surface area (Å²) in [7, 11) is -1.83. The van der Waals surface area contributed by atoms with Gasteiger partial charge in [-0.25, -0.2) is 36.8 Å². The Morgan fingerprint density at radius 2 is 0.652 bits per heavy atom. The Balaban J connectivity index is 0.000000247. The zero-order valence-corrected chi connectivity index (χ0v) is 39.7. The summed E-state index contributed by atoms with van der Waals surface area (Å²) in [4.78, 5) is 41.9. The van der Waals surface area contributed by atoms with E-state index in [-0.39, 0.29) is 37.8 Å². The minimum absolute atomic E-state index is 0.0880. The molecular weight excluding hydrogens is 885 g/mol.